The molecule has 0 saturated carbocycles. The number of fused-ring (bicyclic) bond motifs is 1. The SMILES string of the molecule is CC(C)=CCn1c(=O)nc(-c2ccccc2)c2cc(Cl)ccc21. The molecule has 4 heteroatoms. The third-order valence-corrected chi connectivity index (χ3v) is 3.91. The van der Waals surface area contributed by atoms with E-state index in [0.717, 1.165) is 22.0 Å². The molecule has 0 atom stereocenters. The van der Waals surface area contributed by atoms with E-state index in [9.17, 15) is 4.79 Å². The van der Waals surface area contributed by atoms with E-state index in [2.05, 4.69) is 4.98 Å². The molecule has 0 unspecified atom stereocenters. The van der Waals surface area contributed by atoms with Gasteiger partial charge in [-0.3, -0.25) is 4.57 Å². The van der Waals surface area contributed by atoms with Crippen LogP contribution in [0.4, 0.5) is 0 Å². The number of benzene rings is 2. The average Bonchev–Trinajstić information content (AvgIpc) is 2.54. The van der Waals surface area contributed by atoms with Crippen molar-refractivity contribution >= 4 is 22.5 Å². The van der Waals surface area contributed by atoms with Gasteiger partial charge in [0.05, 0.1) is 11.2 Å². The number of allylic oxidation sites excluding steroid dienone is 2. The number of aromatic nitrogens is 2. The number of nitrogens with zero attached hydrogens (tertiary/aromatic N) is 2. The second-order valence-corrected chi connectivity index (χ2v) is 6.10. The van der Waals surface area contributed by atoms with Gasteiger partial charge in [-0.1, -0.05) is 53.6 Å². The summed E-state index contributed by atoms with van der Waals surface area (Å²) in [4.78, 5) is 16.8. The summed E-state index contributed by atoms with van der Waals surface area (Å²) in [6.07, 6.45) is 2.01. The maximum absolute atomic E-state index is 12.5. The average molecular weight is 325 g/mol. The van der Waals surface area contributed by atoms with E-state index in [0.29, 0.717) is 17.3 Å². The summed E-state index contributed by atoms with van der Waals surface area (Å²) in [5, 5.41) is 1.51. The molecule has 0 N–H and O–H groups in total. The van der Waals surface area contributed by atoms with Crippen molar-refractivity contribution in [1.82, 2.24) is 9.55 Å². The fourth-order valence-corrected chi connectivity index (χ4v) is 2.69. The molecule has 2 aromatic carbocycles. The molecule has 0 aliphatic heterocycles. The van der Waals surface area contributed by atoms with Crippen LogP contribution in [-0.4, -0.2) is 9.55 Å². The van der Waals surface area contributed by atoms with Crippen molar-refractivity contribution in [2.24, 2.45) is 0 Å². The fourth-order valence-electron chi connectivity index (χ4n) is 2.52. The maximum Gasteiger partial charge on any atom is 0.348 e. The molecular weight excluding hydrogens is 308 g/mol. The second kappa shape index (κ2) is 6.39. The van der Waals surface area contributed by atoms with Crippen molar-refractivity contribution in [2.45, 2.75) is 20.4 Å². The zero-order valence-electron chi connectivity index (χ0n) is 13.1. The first-order chi connectivity index (χ1) is 11.1. The summed E-state index contributed by atoms with van der Waals surface area (Å²) in [5.74, 6) is 0. The molecule has 0 bridgehead atoms. The lowest BCUT2D eigenvalue weighted by atomic mass is 10.1. The van der Waals surface area contributed by atoms with Crippen molar-refractivity contribution in [3.8, 4) is 11.3 Å². The van der Waals surface area contributed by atoms with Gasteiger partial charge in [0.1, 0.15) is 0 Å². The van der Waals surface area contributed by atoms with Gasteiger partial charge in [0.25, 0.3) is 0 Å². The first-order valence-corrected chi connectivity index (χ1v) is 7.83. The predicted octanol–water partition coefficient (Wildman–Crippen LogP) is 4.68. The summed E-state index contributed by atoms with van der Waals surface area (Å²) in [6.45, 7) is 4.52. The van der Waals surface area contributed by atoms with Crippen molar-refractivity contribution in [3.05, 3.63) is 75.7 Å². The van der Waals surface area contributed by atoms with Gasteiger partial charge in [0.2, 0.25) is 0 Å². The normalized spacial score (nSPS) is 10.7. The molecule has 0 radical (unpaired) electrons. The van der Waals surface area contributed by atoms with Crippen LogP contribution in [0, 0.1) is 0 Å². The minimum absolute atomic E-state index is 0.254. The van der Waals surface area contributed by atoms with Gasteiger partial charge in [-0.15, -0.1) is 0 Å². The van der Waals surface area contributed by atoms with Crippen molar-refractivity contribution < 1.29 is 0 Å². The van der Waals surface area contributed by atoms with Crippen LogP contribution >= 0.6 is 11.6 Å². The van der Waals surface area contributed by atoms with Gasteiger partial charge in [-0.05, 0) is 32.0 Å². The Bertz CT molecular complexity index is 939. The monoisotopic (exact) mass is 324 g/mol. The summed E-state index contributed by atoms with van der Waals surface area (Å²) in [6, 6.07) is 15.2. The Morgan fingerprint density at radius 2 is 1.91 bits per heavy atom. The Morgan fingerprint density at radius 1 is 1.17 bits per heavy atom. The van der Waals surface area contributed by atoms with Gasteiger partial charge in [-0.2, -0.15) is 4.98 Å². The molecule has 3 rings (SSSR count). The largest absolute Gasteiger partial charge is 0.348 e. The second-order valence-electron chi connectivity index (χ2n) is 5.66. The predicted molar refractivity (Wildman–Crippen MR) is 95.9 cm³/mol. The van der Waals surface area contributed by atoms with Crippen LogP contribution in [-0.2, 0) is 6.54 Å². The first-order valence-electron chi connectivity index (χ1n) is 7.45. The smallest absolute Gasteiger partial charge is 0.288 e. The van der Waals surface area contributed by atoms with E-state index in [1.54, 1.807) is 10.6 Å². The molecular formula is C19H17ClN2O. The molecule has 116 valence electrons. The Kier molecular flexibility index (Phi) is 4.30. The van der Waals surface area contributed by atoms with Gasteiger partial charge in [0.15, 0.2) is 0 Å². The van der Waals surface area contributed by atoms with Crippen LogP contribution in [0.15, 0.2) is 65.0 Å². The highest BCUT2D eigenvalue weighted by Crippen LogP contribution is 2.27. The number of rotatable bonds is 3. The third-order valence-electron chi connectivity index (χ3n) is 3.67. The van der Waals surface area contributed by atoms with Crippen LogP contribution in [0.1, 0.15) is 13.8 Å². The van der Waals surface area contributed by atoms with Crippen LogP contribution in [0.3, 0.4) is 0 Å². The molecule has 1 heterocycles. The molecule has 23 heavy (non-hydrogen) atoms. The van der Waals surface area contributed by atoms with Crippen molar-refractivity contribution in [1.29, 1.82) is 0 Å². The number of hydrogen-bond acceptors (Lipinski definition) is 2. The molecule has 3 nitrogen and oxygen atoms in total. The van der Waals surface area contributed by atoms with Gasteiger partial charge in [-0.25, -0.2) is 4.79 Å². The van der Waals surface area contributed by atoms with E-state index in [1.807, 2.05) is 62.4 Å². The lowest BCUT2D eigenvalue weighted by molar-refractivity contribution is 0.777. The van der Waals surface area contributed by atoms with Crippen LogP contribution in [0.25, 0.3) is 22.2 Å². The summed E-state index contributed by atoms with van der Waals surface area (Å²) in [7, 11) is 0. The summed E-state index contributed by atoms with van der Waals surface area (Å²) in [5.41, 5.74) is 3.32. The zero-order chi connectivity index (χ0) is 16.4. The fraction of sp³-hybridized carbons (Fsp3) is 0.158. The van der Waals surface area contributed by atoms with E-state index in [4.69, 9.17) is 11.6 Å². The molecule has 0 aliphatic carbocycles. The molecule has 1 aromatic heterocycles. The lowest BCUT2D eigenvalue weighted by Gasteiger charge is -2.12. The Labute approximate surface area is 139 Å². The minimum Gasteiger partial charge on any atom is -0.288 e. The minimum atomic E-state index is -0.254. The van der Waals surface area contributed by atoms with E-state index >= 15 is 0 Å². The highest BCUT2D eigenvalue weighted by molar-refractivity contribution is 6.31. The molecule has 0 fully saturated rings. The van der Waals surface area contributed by atoms with E-state index in [-0.39, 0.29) is 5.69 Å². The highest BCUT2D eigenvalue weighted by atomic mass is 35.5. The molecule has 3 aromatic rings. The van der Waals surface area contributed by atoms with Gasteiger partial charge >= 0.3 is 5.69 Å². The molecule has 0 amide bonds. The topological polar surface area (TPSA) is 34.9 Å². The molecule has 0 saturated heterocycles. The van der Waals surface area contributed by atoms with E-state index in [1.165, 1.54) is 0 Å². The Morgan fingerprint density at radius 3 is 2.61 bits per heavy atom. The van der Waals surface area contributed by atoms with Crippen molar-refractivity contribution in [2.75, 3.05) is 0 Å². The third kappa shape index (κ3) is 3.20. The Hall–Kier alpha value is -2.39. The summed E-state index contributed by atoms with van der Waals surface area (Å²) < 4.78 is 1.67. The first kappa shape index (κ1) is 15.5. The van der Waals surface area contributed by atoms with Crippen LogP contribution in [0.2, 0.25) is 5.02 Å². The molecule has 0 spiro atoms. The number of halogens is 1. The number of hydrogen-bond donors (Lipinski definition) is 0. The standard InChI is InChI=1S/C19H17ClN2O/c1-13(2)10-11-22-17-9-8-15(20)12-16(17)18(21-19(22)23)14-6-4-3-5-7-14/h3-10,12H,11H2,1-2H3. The maximum atomic E-state index is 12.5. The van der Waals surface area contributed by atoms with Crippen molar-refractivity contribution in [3.63, 3.8) is 0 Å². The Balaban J connectivity index is 2.32. The van der Waals surface area contributed by atoms with Crippen LogP contribution < -0.4 is 5.69 Å². The highest BCUT2D eigenvalue weighted by Gasteiger charge is 2.12. The summed E-state index contributed by atoms with van der Waals surface area (Å²) >= 11 is 6.17. The molecule has 0 aliphatic rings. The van der Waals surface area contributed by atoms with Gasteiger partial charge < -0.3 is 0 Å². The van der Waals surface area contributed by atoms with Crippen LogP contribution in [0.5, 0.6) is 0 Å². The van der Waals surface area contributed by atoms with Gasteiger partial charge in [0, 0.05) is 22.5 Å². The van der Waals surface area contributed by atoms with E-state index < -0.39 is 0 Å². The zero-order valence-corrected chi connectivity index (χ0v) is 13.8. The quantitative estimate of drug-likeness (QED) is 0.655. The lowest BCUT2D eigenvalue weighted by Crippen LogP contribution is -2.23.